The number of hydrogen-bond donors (Lipinski definition) is 0. The smallest absolute Gasteiger partial charge is 0.200 e. The molecule has 0 amide bonds. The molecule has 6 nitrogen and oxygen atoms in total. The van der Waals surface area contributed by atoms with Crippen LogP contribution in [0.4, 0.5) is 5.69 Å². The second kappa shape index (κ2) is 9.50. The highest BCUT2D eigenvalue weighted by molar-refractivity contribution is 5.80. The van der Waals surface area contributed by atoms with Crippen molar-refractivity contribution in [2.75, 3.05) is 19.1 Å². The number of allylic oxidation sites excluding steroid dienone is 6. The summed E-state index contributed by atoms with van der Waals surface area (Å²) < 4.78 is 13.3. The largest absolute Gasteiger partial charge is 0.497 e. The topological polar surface area (TPSA) is 52.4 Å². The number of ether oxygens (including phenoxy) is 2. The summed E-state index contributed by atoms with van der Waals surface area (Å²) in [7, 11) is 3.62. The molecule has 3 heterocycles. The number of hydrogen-bond acceptors (Lipinski definition) is 5. The zero-order valence-corrected chi connectivity index (χ0v) is 19.0. The van der Waals surface area contributed by atoms with E-state index >= 15 is 0 Å². The summed E-state index contributed by atoms with van der Waals surface area (Å²) >= 11 is 0. The summed E-state index contributed by atoms with van der Waals surface area (Å²) in [4.78, 5) is 11.3. The molecule has 0 bridgehead atoms. The predicted octanol–water partition coefficient (Wildman–Crippen LogP) is 5.92. The molecular weight excluding hydrogens is 424 g/mol. The van der Waals surface area contributed by atoms with Crippen LogP contribution in [0.25, 0.3) is 22.9 Å². The minimum Gasteiger partial charge on any atom is -0.497 e. The van der Waals surface area contributed by atoms with Crippen molar-refractivity contribution in [1.82, 2.24) is 14.5 Å². The minimum atomic E-state index is 0.757. The Balaban J connectivity index is 1.29. The van der Waals surface area contributed by atoms with Gasteiger partial charge in [0.2, 0.25) is 0 Å². The minimum absolute atomic E-state index is 0.757. The standard InChI is InChI=1S/C28H24N4O2/c1-31-24-18-17-21(33-2)20-25(24)34-28(31)16-7-5-3-4-6-15-27-30-22-12-8-9-13-23(22)32(27)26-14-10-11-19-29-26/h3-20H,1-2H3/b4-3+,7-5+,15-6+,28-16-. The van der Waals surface area contributed by atoms with E-state index in [0.29, 0.717) is 0 Å². The first-order chi connectivity index (χ1) is 16.7. The van der Waals surface area contributed by atoms with Gasteiger partial charge in [0.25, 0.3) is 0 Å². The highest BCUT2D eigenvalue weighted by Crippen LogP contribution is 2.40. The van der Waals surface area contributed by atoms with Gasteiger partial charge in [-0.15, -0.1) is 0 Å². The highest BCUT2D eigenvalue weighted by Gasteiger charge is 2.22. The molecule has 4 aromatic rings. The lowest BCUT2D eigenvalue weighted by atomic mass is 10.2. The van der Waals surface area contributed by atoms with Crippen molar-refractivity contribution in [3.05, 3.63) is 115 Å². The molecule has 0 atom stereocenters. The number of benzene rings is 2. The first-order valence-corrected chi connectivity index (χ1v) is 10.9. The van der Waals surface area contributed by atoms with Gasteiger partial charge in [0.15, 0.2) is 11.6 Å². The van der Waals surface area contributed by atoms with Crippen LogP contribution in [-0.2, 0) is 0 Å². The number of rotatable bonds is 6. The number of anilines is 1. The van der Waals surface area contributed by atoms with E-state index in [4.69, 9.17) is 14.5 Å². The molecule has 2 aromatic heterocycles. The fourth-order valence-electron chi connectivity index (χ4n) is 3.78. The first-order valence-electron chi connectivity index (χ1n) is 10.9. The third kappa shape index (κ3) is 4.21. The molecule has 0 saturated carbocycles. The Kier molecular flexibility index (Phi) is 5.95. The molecule has 2 aromatic carbocycles. The normalized spacial score (nSPS) is 14.6. The van der Waals surface area contributed by atoms with E-state index in [1.165, 1.54) is 0 Å². The second-order valence-corrected chi connectivity index (χ2v) is 7.61. The number of aromatic nitrogens is 3. The molecule has 0 N–H and O–H groups in total. The molecule has 0 saturated heterocycles. The van der Waals surface area contributed by atoms with Crippen LogP contribution in [0.5, 0.6) is 11.5 Å². The summed E-state index contributed by atoms with van der Waals surface area (Å²) in [6.07, 6.45) is 15.5. The van der Waals surface area contributed by atoms with E-state index in [9.17, 15) is 0 Å². The monoisotopic (exact) mass is 448 g/mol. The van der Waals surface area contributed by atoms with E-state index in [1.54, 1.807) is 13.3 Å². The Morgan fingerprint density at radius 1 is 0.912 bits per heavy atom. The summed E-state index contributed by atoms with van der Waals surface area (Å²) in [6, 6.07) is 19.7. The third-order valence-electron chi connectivity index (χ3n) is 5.47. The number of fused-ring (bicyclic) bond motifs is 2. The van der Waals surface area contributed by atoms with E-state index < -0.39 is 0 Å². The van der Waals surface area contributed by atoms with Gasteiger partial charge < -0.3 is 14.4 Å². The van der Waals surface area contributed by atoms with E-state index in [2.05, 4.69) is 15.6 Å². The van der Waals surface area contributed by atoms with Crippen LogP contribution in [0.15, 0.2) is 109 Å². The molecule has 0 aliphatic carbocycles. The van der Waals surface area contributed by atoms with Gasteiger partial charge in [0.05, 0.1) is 23.8 Å². The van der Waals surface area contributed by atoms with Crippen molar-refractivity contribution >= 4 is 22.8 Å². The zero-order valence-electron chi connectivity index (χ0n) is 19.0. The maximum atomic E-state index is 5.93. The molecule has 0 radical (unpaired) electrons. The van der Waals surface area contributed by atoms with Crippen LogP contribution in [0.1, 0.15) is 5.82 Å². The highest BCUT2D eigenvalue weighted by atomic mass is 16.5. The molecule has 1 aliphatic rings. The zero-order chi connectivity index (χ0) is 23.3. The van der Waals surface area contributed by atoms with Crippen LogP contribution in [0, 0.1) is 0 Å². The maximum absolute atomic E-state index is 5.93. The Hall–Kier alpha value is -4.58. The van der Waals surface area contributed by atoms with Gasteiger partial charge >= 0.3 is 0 Å². The summed E-state index contributed by atoms with van der Waals surface area (Å²) in [5, 5.41) is 0. The lowest BCUT2D eigenvalue weighted by Crippen LogP contribution is -2.12. The van der Waals surface area contributed by atoms with Crippen molar-refractivity contribution in [1.29, 1.82) is 0 Å². The predicted molar refractivity (Wildman–Crippen MR) is 136 cm³/mol. The van der Waals surface area contributed by atoms with Crippen molar-refractivity contribution in [2.45, 2.75) is 0 Å². The number of pyridine rings is 1. The molecule has 6 heteroatoms. The van der Waals surface area contributed by atoms with Crippen LogP contribution in [0.3, 0.4) is 0 Å². The average Bonchev–Trinajstić information content (AvgIpc) is 3.40. The molecule has 1 aliphatic heterocycles. The summed E-state index contributed by atoms with van der Waals surface area (Å²) in [6.45, 7) is 0. The van der Waals surface area contributed by atoms with Crippen molar-refractivity contribution < 1.29 is 9.47 Å². The molecule has 5 rings (SSSR count). The molecule has 0 spiro atoms. The van der Waals surface area contributed by atoms with Crippen LogP contribution < -0.4 is 14.4 Å². The maximum Gasteiger partial charge on any atom is 0.200 e. The Morgan fingerprint density at radius 3 is 2.59 bits per heavy atom. The third-order valence-corrected chi connectivity index (χ3v) is 5.47. The first kappa shape index (κ1) is 21.3. The Labute approximate surface area is 198 Å². The van der Waals surface area contributed by atoms with Crippen LogP contribution in [0.2, 0.25) is 0 Å². The summed E-state index contributed by atoms with van der Waals surface area (Å²) in [5.41, 5.74) is 2.97. The number of methoxy groups -OCH3 is 1. The Bertz CT molecular complexity index is 1430. The molecular formula is C28H24N4O2. The van der Waals surface area contributed by atoms with E-state index in [1.807, 2.05) is 109 Å². The van der Waals surface area contributed by atoms with Crippen molar-refractivity contribution in [2.24, 2.45) is 0 Å². The van der Waals surface area contributed by atoms with Gasteiger partial charge in [-0.05, 0) is 48.6 Å². The number of nitrogens with zero attached hydrogens (tertiary/aromatic N) is 4. The van der Waals surface area contributed by atoms with Crippen LogP contribution in [-0.4, -0.2) is 28.7 Å². The molecule has 0 unspecified atom stereocenters. The lowest BCUT2D eigenvalue weighted by molar-refractivity contribution is 0.406. The average molecular weight is 449 g/mol. The van der Waals surface area contributed by atoms with Gasteiger partial charge in [-0.2, -0.15) is 0 Å². The van der Waals surface area contributed by atoms with Gasteiger partial charge in [-0.3, -0.25) is 4.57 Å². The summed E-state index contributed by atoms with van der Waals surface area (Å²) in [5.74, 6) is 3.98. The molecule has 34 heavy (non-hydrogen) atoms. The fraction of sp³-hybridized carbons (Fsp3) is 0.0714. The quantitative estimate of drug-likeness (QED) is 0.343. The lowest BCUT2D eigenvalue weighted by Gasteiger charge is -2.09. The van der Waals surface area contributed by atoms with Crippen LogP contribution >= 0.6 is 0 Å². The molecule has 0 fully saturated rings. The van der Waals surface area contributed by atoms with Gasteiger partial charge in [0.1, 0.15) is 17.4 Å². The Morgan fingerprint density at radius 2 is 1.74 bits per heavy atom. The van der Waals surface area contributed by atoms with Gasteiger partial charge in [-0.1, -0.05) is 48.6 Å². The van der Waals surface area contributed by atoms with Crippen molar-refractivity contribution in [3.63, 3.8) is 0 Å². The van der Waals surface area contributed by atoms with Gasteiger partial charge in [0, 0.05) is 19.3 Å². The fourth-order valence-corrected chi connectivity index (χ4v) is 3.78. The van der Waals surface area contributed by atoms with Gasteiger partial charge in [-0.25, -0.2) is 9.97 Å². The SMILES string of the molecule is COc1ccc2c(c1)O\C(=C/C=C/C=C/C=C/c1nc3ccccc3n1-c1ccccn1)N2C. The molecule has 168 valence electrons. The second-order valence-electron chi connectivity index (χ2n) is 7.61. The van der Waals surface area contributed by atoms with Crippen molar-refractivity contribution in [3.8, 4) is 17.3 Å². The number of para-hydroxylation sites is 2. The van der Waals surface area contributed by atoms with E-state index in [0.717, 1.165) is 45.7 Å². The van der Waals surface area contributed by atoms with E-state index in [-0.39, 0.29) is 0 Å². The number of imidazole rings is 1.